The number of anilines is 1. The van der Waals surface area contributed by atoms with Crippen LogP contribution in [0.4, 0.5) is 11.4 Å². The number of imidazole rings is 1. The van der Waals surface area contributed by atoms with Crippen molar-refractivity contribution in [3.05, 3.63) is 76.8 Å². The lowest BCUT2D eigenvalue weighted by molar-refractivity contribution is 0.123. The van der Waals surface area contributed by atoms with E-state index >= 15 is 0 Å². The van der Waals surface area contributed by atoms with Crippen molar-refractivity contribution in [1.29, 1.82) is 0 Å². The van der Waals surface area contributed by atoms with Crippen LogP contribution in [0, 0.1) is 13.8 Å². The highest BCUT2D eigenvalue weighted by atomic mass is 79.9. The van der Waals surface area contributed by atoms with Gasteiger partial charge >= 0.3 is 11.4 Å². The quantitative estimate of drug-likeness (QED) is 0.356. The van der Waals surface area contributed by atoms with E-state index in [0.29, 0.717) is 43.2 Å². The number of aromatic amines is 1. The summed E-state index contributed by atoms with van der Waals surface area (Å²) in [6.45, 7) is 6.08. The van der Waals surface area contributed by atoms with Gasteiger partial charge in [0.25, 0.3) is 5.56 Å². The number of aromatic hydroxyl groups is 1. The van der Waals surface area contributed by atoms with Crippen LogP contribution in [0.2, 0.25) is 0 Å². The molecule has 1 aliphatic heterocycles. The van der Waals surface area contributed by atoms with Crippen molar-refractivity contribution in [3.8, 4) is 11.6 Å². The summed E-state index contributed by atoms with van der Waals surface area (Å²) in [5, 5.41) is 11.1. The van der Waals surface area contributed by atoms with Gasteiger partial charge in [0.1, 0.15) is 5.56 Å². The normalized spacial score (nSPS) is 14.2. The number of ether oxygens (including phenoxy) is 1. The molecule has 0 radical (unpaired) electrons. The highest BCUT2D eigenvalue weighted by molar-refractivity contribution is 9.10. The molecule has 1 fully saturated rings. The molecular weight excluding hydrogens is 556 g/mol. The summed E-state index contributed by atoms with van der Waals surface area (Å²) in [7, 11) is 3.39. The largest absolute Gasteiger partial charge is 0.493 e. The summed E-state index contributed by atoms with van der Waals surface area (Å²) in [6, 6.07) is 7.14. The smallest absolute Gasteiger partial charge is 0.335 e. The molecule has 2 aromatic carbocycles. The highest BCUT2D eigenvalue weighted by Gasteiger charge is 2.20. The lowest BCUT2D eigenvalue weighted by Gasteiger charge is -2.30. The molecule has 2 N–H and O–H groups in total. The third kappa shape index (κ3) is 4.19. The van der Waals surface area contributed by atoms with Gasteiger partial charge in [-0.2, -0.15) is 0 Å². The summed E-state index contributed by atoms with van der Waals surface area (Å²) in [4.78, 5) is 47.1. The molecule has 0 saturated carbocycles. The van der Waals surface area contributed by atoms with Crippen molar-refractivity contribution in [2.75, 3.05) is 31.2 Å². The van der Waals surface area contributed by atoms with Gasteiger partial charge in [-0.15, -0.1) is 0 Å². The molecule has 2 aromatic heterocycles. The Bertz CT molecular complexity index is 1790. The van der Waals surface area contributed by atoms with E-state index < -0.39 is 17.1 Å². The lowest BCUT2D eigenvalue weighted by atomic mass is 10.1. The SMILES string of the molecule is Cc1c(Br)ccc(-n2c(O)c(C=Nc3cc4c(cc3N3CCOCC3)n(C)c(=O)n4C)c(=O)[nH]c2=O)c1C. The van der Waals surface area contributed by atoms with Crippen LogP contribution in [0.1, 0.15) is 16.7 Å². The van der Waals surface area contributed by atoms with Gasteiger partial charge in [0, 0.05) is 37.9 Å². The van der Waals surface area contributed by atoms with Crippen LogP contribution in [0.15, 0.2) is 48.1 Å². The molecule has 0 amide bonds. The average Bonchev–Trinajstić information content (AvgIpc) is 3.11. The molecule has 12 heteroatoms. The molecule has 38 heavy (non-hydrogen) atoms. The minimum absolute atomic E-state index is 0.167. The Kier molecular flexibility index (Phi) is 6.61. The molecule has 1 aliphatic rings. The second kappa shape index (κ2) is 9.76. The topological polar surface area (TPSA) is 127 Å². The summed E-state index contributed by atoms with van der Waals surface area (Å²) in [5.74, 6) is -0.520. The van der Waals surface area contributed by atoms with Crippen LogP contribution >= 0.6 is 15.9 Å². The maximum absolute atomic E-state index is 12.8. The van der Waals surface area contributed by atoms with Crippen molar-refractivity contribution in [2.45, 2.75) is 13.8 Å². The number of aliphatic imine (C=N–C) groups is 1. The summed E-state index contributed by atoms with van der Waals surface area (Å²) in [6.07, 6.45) is 1.25. The van der Waals surface area contributed by atoms with E-state index in [1.165, 1.54) is 10.8 Å². The number of morpholine rings is 1. The van der Waals surface area contributed by atoms with E-state index in [1.54, 1.807) is 36.9 Å². The first-order valence-corrected chi connectivity index (χ1v) is 12.8. The molecule has 0 atom stereocenters. The number of fused-ring (bicyclic) bond motifs is 1. The van der Waals surface area contributed by atoms with E-state index in [9.17, 15) is 19.5 Å². The lowest BCUT2D eigenvalue weighted by Crippen LogP contribution is -2.36. The van der Waals surface area contributed by atoms with Crippen molar-refractivity contribution in [2.24, 2.45) is 19.1 Å². The van der Waals surface area contributed by atoms with Gasteiger partial charge in [0.05, 0.1) is 41.3 Å². The van der Waals surface area contributed by atoms with Crippen molar-refractivity contribution >= 4 is 44.6 Å². The molecule has 3 heterocycles. The molecule has 0 unspecified atom stereocenters. The Morgan fingerprint density at radius 2 is 1.66 bits per heavy atom. The zero-order valence-corrected chi connectivity index (χ0v) is 23.0. The maximum atomic E-state index is 12.8. The van der Waals surface area contributed by atoms with Crippen LogP contribution in [0.3, 0.4) is 0 Å². The number of rotatable bonds is 4. The Morgan fingerprint density at radius 1 is 1.00 bits per heavy atom. The second-order valence-corrected chi connectivity index (χ2v) is 10.1. The van der Waals surface area contributed by atoms with E-state index in [-0.39, 0.29) is 11.3 Å². The number of nitrogens with zero attached hydrogens (tertiary/aromatic N) is 5. The first-order valence-electron chi connectivity index (χ1n) is 12.0. The van der Waals surface area contributed by atoms with E-state index in [0.717, 1.165) is 31.4 Å². The molecular formula is C26H27BrN6O5. The zero-order chi connectivity index (χ0) is 27.3. The van der Waals surface area contributed by atoms with Gasteiger partial charge < -0.3 is 14.7 Å². The van der Waals surface area contributed by atoms with Crippen LogP contribution in [-0.2, 0) is 18.8 Å². The van der Waals surface area contributed by atoms with Crippen LogP contribution < -0.4 is 21.8 Å². The number of aryl methyl sites for hydroxylation is 2. The standard InChI is InChI=1S/C26H27BrN6O5/c1-14-15(2)19(6-5-17(14)27)33-24(35)16(23(34)29-25(33)36)13-28-18-11-21-22(31(4)26(37)30(21)3)12-20(18)32-7-9-38-10-8-32/h5-6,11-13,35H,7-10H2,1-4H3,(H,29,34,36). The number of H-pyrrole nitrogens is 1. The minimum atomic E-state index is -0.764. The summed E-state index contributed by atoms with van der Waals surface area (Å²) in [5.41, 5.74) is 2.92. The molecule has 198 valence electrons. The van der Waals surface area contributed by atoms with E-state index in [1.807, 2.05) is 19.9 Å². The maximum Gasteiger partial charge on any atom is 0.335 e. The van der Waals surface area contributed by atoms with Crippen molar-refractivity contribution in [1.82, 2.24) is 18.7 Å². The van der Waals surface area contributed by atoms with Gasteiger partial charge in [-0.3, -0.25) is 23.9 Å². The molecule has 0 bridgehead atoms. The molecule has 0 spiro atoms. The van der Waals surface area contributed by atoms with Gasteiger partial charge in [0.2, 0.25) is 5.88 Å². The predicted octanol–water partition coefficient (Wildman–Crippen LogP) is 2.39. The number of aromatic nitrogens is 4. The Morgan fingerprint density at radius 3 is 2.34 bits per heavy atom. The first kappa shape index (κ1) is 25.7. The highest BCUT2D eigenvalue weighted by Crippen LogP contribution is 2.34. The van der Waals surface area contributed by atoms with Crippen LogP contribution in [0.5, 0.6) is 5.88 Å². The minimum Gasteiger partial charge on any atom is -0.493 e. The second-order valence-electron chi connectivity index (χ2n) is 9.24. The third-order valence-electron chi connectivity index (χ3n) is 7.11. The summed E-state index contributed by atoms with van der Waals surface area (Å²) >= 11 is 3.47. The predicted molar refractivity (Wildman–Crippen MR) is 150 cm³/mol. The van der Waals surface area contributed by atoms with Crippen molar-refractivity contribution in [3.63, 3.8) is 0 Å². The number of nitrogens with one attached hydrogen (secondary N) is 1. The molecule has 5 rings (SSSR count). The van der Waals surface area contributed by atoms with Gasteiger partial charge in [-0.1, -0.05) is 15.9 Å². The Labute approximate surface area is 225 Å². The number of benzene rings is 2. The number of hydrogen-bond acceptors (Lipinski definition) is 7. The fourth-order valence-corrected chi connectivity index (χ4v) is 5.14. The van der Waals surface area contributed by atoms with E-state index in [2.05, 4.69) is 30.8 Å². The van der Waals surface area contributed by atoms with E-state index in [4.69, 9.17) is 4.74 Å². The monoisotopic (exact) mass is 582 g/mol. The van der Waals surface area contributed by atoms with Crippen LogP contribution in [-0.4, -0.2) is 56.3 Å². The number of hydrogen-bond donors (Lipinski definition) is 2. The third-order valence-corrected chi connectivity index (χ3v) is 7.97. The molecule has 0 aliphatic carbocycles. The molecule has 4 aromatic rings. The fraction of sp³-hybridized carbons (Fsp3) is 0.308. The Hall–Kier alpha value is -3.90. The van der Waals surface area contributed by atoms with Crippen molar-refractivity contribution < 1.29 is 9.84 Å². The molecule has 1 saturated heterocycles. The van der Waals surface area contributed by atoms with Gasteiger partial charge in [-0.05, 0) is 49.2 Å². The van der Waals surface area contributed by atoms with Crippen LogP contribution in [0.25, 0.3) is 16.7 Å². The Balaban J connectivity index is 1.69. The fourth-order valence-electron chi connectivity index (χ4n) is 4.71. The zero-order valence-electron chi connectivity index (χ0n) is 21.4. The van der Waals surface area contributed by atoms with Gasteiger partial charge in [0.15, 0.2) is 0 Å². The summed E-state index contributed by atoms with van der Waals surface area (Å²) < 4.78 is 10.5. The average molecular weight is 583 g/mol. The molecule has 11 nitrogen and oxygen atoms in total. The van der Waals surface area contributed by atoms with Gasteiger partial charge in [-0.25, -0.2) is 14.2 Å². The number of halogens is 1. The first-order chi connectivity index (χ1) is 18.1.